The second-order valence-electron chi connectivity index (χ2n) is 4.79. The molecule has 0 saturated carbocycles. The average molecular weight is 372 g/mol. The van der Waals surface area contributed by atoms with Crippen LogP contribution in [0.1, 0.15) is 11.5 Å². The van der Waals surface area contributed by atoms with Crippen LogP contribution < -0.4 is 0 Å². The molecule has 0 atom stereocenters. The maximum Gasteiger partial charge on any atom is 0.139 e. The standard InChI is InChI=1S/C14H13BrClFN4/c1-20-5-3-9(19-20)8-21-13-6-10(15)11(17)7-12(13)18-14(21)2-4-16/h3,5-7H,2,4,8H2,1H3. The average Bonchev–Trinajstić information content (AvgIpc) is 2.97. The third-order valence-corrected chi connectivity index (χ3v) is 4.07. The highest BCUT2D eigenvalue weighted by Crippen LogP contribution is 2.25. The van der Waals surface area contributed by atoms with Crippen molar-refractivity contribution in [3.8, 4) is 0 Å². The van der Waals surface area contributed by atoms with E-state index in [0.29, 0.717) is 28.8 Å². The molecule has 0 unspecified atom stereocenters. The Bertz CT molecular complexity index is 796. The summed E-state index contributed by atoms with van der Waals surface area (Å²) in [5.74, 6) is 0.986. The van der Waals surface area contributed by atoms with Gasteiger partial charge in [-0.2, -0.15) is 5.10 Å². The zero-order chi connectivity index (χ0) is 15.0. The number of halogens is 3. The van der Waals surface area contributed by atoms with Gasteiger partial charge in [0, 0.05) is 31.6 Å². The summed E-state index contributed by atoms with van der Waals surface area (Å²) in [5.41, 5.74) is 2.42. The highest BCUT2D eigenvalue weighted by molar-refractivity contribution is 9.10. The van der Waals surface area contributed by atoms with Gasteiger partial charge >= 0.3 is 0 Å². The molecule has 0 aliphatic carbocycles. The van der Waals surface area contributed by atoms with Crippen LogP contribution in [-0.2, 0) is 20.0 Å². The second-order valence-corrected chi connectivity index (χ2v) is 6.02. The minimum absolute atomic E-state index is 0.317. The number of hydrogen-bond acceptors (Lipinski definition) is 2. The third-order valence-electron chi connectivity index (χ3n) is 3.28. The molecule has 3 rings (SSSR count). The second kappa shape index (κ2) is 5.77. The lowest BCUT2D eigenvalue weighted by Crippen LogP contribution is -2.07. The Kier molecular flexibility index (Phi) is 3.99. The van der Waals surface area contributed by atoms with Crippen molar-refractivity contribution < 1.29 is 4.39 Å². The van der Waals surface area contributed by atoms with Gasteiger partial charge in [0.15, 0.2) is 0 Å². The van der Waals surface area contributed by atoms with Crippen LogP contribution in [0.2, 0.25) is 0 Å². The Morgan fingerprint density at radius 2 is 2.19 bits per heavy atom. The molecule has 7 heteroatoms. The van der Waals surface area contributed by atoms with E-state index in [9.17, 15) is 4.39 Å². The van der Waals surface area contributed by atoms with Crippen LogP contribution in [0.4, 0.5) is 4.39 Å². The van der Waals surface area contributed by atoms with Gasteiger partial charge in [-0.15, -0.1) is 11.6 Å². The molecule has 0 fully saturated rings. The Balaban J connectivity index is 2.12. The molecule has 4 nitrogen and oxygen atoms in total. The number of nitrogens with zero attached hydrogens (tertiary/aromatic N) is 4. The van der Waals surface area contributed by atoms with Crippen molar-refractivity contribution in [3.05, 3.63) is 46.2 Å². The Hall–Kier alpha value is -1.40. The normalized spacial score (nSPS) is 11.4. The Morgan fingerprint density at radius 3 is 2.86 bits per heavy atom. The van der Waals surface area contributed by atoms with E-state index in [1.807, 2.05) is 23.9 Å². The van der Waals surface area contributed by atoms with Gasteiger partial charge in [-0.05, 0) is 28.1 Å². The van der Waals surface area contributed by atoms with Crippen molar-refractivity contribution in [2.45, 2.75) is 13.0 Å². The van der Waals surface area contributed by atoms with E-state index >= 15 is 0 Å². The number of benzene rings is 1. The number of aryl methyl sites for hydroxylation is 2. The molecule has 0 saturated heterocycles. The van der Waals surface area contributed by atoms with E-state index in [2.05, 4.69) is 26.0 Å². The molecular weight excluding hydrogens is 359 g/mol. The molecule has 2 heterocycles. The summed E-state index contributed by atoms with van der Waals surface area (Å²) in [6, 6.07) is 5.14. The molecule has 21 heavy (non-hydrogen) atoms. The lowest BCUT2D eigenvalue weighted by Gasteiger charge is -2.07. The van der Waals surface area contributed by atoms with Gasteiger partial charge in [-0.3, -0.25) is 4.68 Å². The smallest absolute Gasteiger partial charge is 0.139 e. The van der Waals surface area contributed by atoms with Crippen LogP contribution in [0.15, 0.2) is 28.9 Å². The van der Waals surface area contributed by atoms with Gasteiger partial charge in [0.2, 0.25) is 0 Å². The lowest BCUT2D eigenvalue weighted by atomic mass is 10.3. The summed E-state index contributed by atoms with van der Waals surface area (Å²) in [6.07, 6.45) is 2.52. The quantitative estimate of drug-likeness (QED) is 0.658. The van der Waals surface area contributed by atoms with Crippen LogP contribution >= 0.6 is 27.5 Å². The van der Waals surface area contributed by atoms with Crippen molar-refractivity contribution in [1.82, 2.24) is 19.3 Å². The monoisotopic (exact) mass is 370 g/mol. The van der Waals surface area contributed by atoms with Crippen molar-refractivity contribution in [3.63, 3.8) is 0 Å². The van der Waals surface area contributed by atoms with Crippen molar-refractivity contribution in [2.24, 2.45) is 7.05 Å². The zero-order valence-electron chi connectivity index (χ0n) is 11.4. The summed E-state index contributed by atoms with van der Waals surface area (Å²) in [7, 11) is 1.88. The molecule has 0 aliphatic rings. The van der Waals surface area contributed by atoms with E-state index in [0.717, 1.165) is 17.0 Å². The minimum atomic E-state index is -0.317. The van der Waals surface area contributed by atoms with Gasteiger partial charge in [0.05, 0.1) is 27.7 Å². The van der Waals surface area contributed by atoms with E-state index in [1.165, 1.54) is 6.07 Å². The molecule has 0 aliphatic heterocycles. The predicted octanol–water partition coefficient (Wildman–Crippen LogP) is 3.50. The highest BCUT2D eigenvalue weighted by Gasteiger charge is 2.14. The molecule has 0 radical (unpaired) electrons. The predicted molar refractivity (Wildman–Crippen MR) is 84.1 cm³/mol. The number of aromatic nitrogens is 4. The molecule has 110 valence electrons. The Labute approximate surface area is 134 Å². The zero-order valence-corrected chi connectivity index (χ0v) is 13.7. The van der Waals surface area contributed by atoms with Crippen LogP contribution in [0.3, 0.4) is 0 Å². The summed E-state index contributed by atoms with van der Waals surface area (Å²) in [4.78, 5) is 4.49. The van der Waals surface area contributed by atoms with E-state index < -0.39 is 0 Å². The number of alkyl halides is 1. The number of imidazole rings is 1. The van der Waals surface area contributed by atoms with E-state index in [-0.39, 0.29) is 5.82 Å². The lowest BCUT2D eigenvalue weighted by molar-refractivity contribution is 0.622. The first-order chi connectivity index (χ1) is 10.1. The topological polar surface area (TPSA) is 35.6 Å². The molecule has 0 spiro atoms. The fraction of sp³-hybridized carbons (Fsp3) is 0.286. The number of rotatable bonds is 4. The molecular formula is C14H13BrClFN4. The van der Waals surface area contributed by atoms with E-state index in [1.54, 1.807) is 10.7 Å². The largest absolute Gasteiger partial charge is 0.322 e. The first-order valence-electron chi connectivity index (χ1n) is 6.47. The first kappa shape index (κ1) is 14.5. The van der Waals surface area contributed by atoms with Crippen molar-refractivity contribution >= 4 is 38.6 Å². The van der Waals surface area contributed by atoms with Gasteiger partial charge in [-0.1, -0.05) is 0 Å². The molecule has 0 bridgehead atoms. The molecule has 2 aromatic heterocycles. The summed E-state index contributed by atoms with van der Waals surface area (Å²) >= 11 is 9.08. The van der Waals surface area contributed by atoms with E-state index in [4.69, 9.17) is 11.6 Å². The SMILES string of the molecule is Cn1ccc(Cn2c(CCCl)nc3cc(F)c(Br)cc32)n1. The fourth-order valence-electron chi connectivity index (χ4n) is 2.33. The molecule has 3 aromatic rings. The first-order valence-corrected chi connectivity index (χ1v) is 7.80. The van der Waals surface area contributed by atoms with Crippen LogP contribution in [-0.4, -0.2) is 25.2 Å². The highest BCUT2D eigenvalue weighted by atomic mass is 79.9. The third kappa shape index (κ3) is 2.82. The summed E-state index contributed by atoms with van der Waals surface area (Å²) in [5, 5.41) is 4.38. The fourth-order valence-corrected chi connectivity index (χ4v) is 2.83. The molecule has 1 aromatic carbocycles. The van der Waals surface area contributed by atoms with Gasteiger partial charge in [0.1, 0.15) is 11.6 Å². The molecule has 0 N–H and O–H groups in total. The van der Waals surface area contributed by atoms with Crippen LogP contribution in [0, 0.1) is 5.82 Å². The van der Waals surface area contributed by atoms with Crippen molar-refractivity contribution in [2.75, 3.05) is 5.88 Å². The van der Waals surface area contributed by atoms with Gasteiger partial charge in [0.25, 0.3) is 0 Å². The van der Waals surface area contributed by atoms with Gasteiger partial charge in [-0.25, -0.2) is 9.37 Å². The number of fused-ring (bicyclic) bond motifs is 1. The Morgan fingerprint density at radius 1 is 1.38 bits per heavy atom. The molecule has 0 amide bonds. The van der Waals surface area contributed by atoms with Crippen LogP contribution in [0.25, 0.3) is 11.0 Å². The van der Waals surface area contributed by atoms with Crippen molar-refractivity contribution in [1.29, 1.82) is 0 Å². The maximum atomic E-state index is 13.7. The van der Waals surface area contributed by atoms with Gasteiger partial charge < -0.3 is 4.57 Å². The van der Waals surface area contributed by atoms with Crippen LogP contribution in [0.5, 0.6) is 0 Å². The number of hydrogen-bond donors (Lipinski definition) is 0. The summed E-state index contributed by atoms with van der Waals surface area (Å²) in [6.45, 7) is 0.585. The maximum absolute atomic E-state index is 13.7. The summed E-state index contributed by atoms with van der Waals surface area (Å²) < 4.78 is 17.9. The minimum Gasteiger partial charge on any atom is -0.322 e.